The van der Waals surface area contributed by atoms with Crippen molar-refractivity contribution in [3.63, 3.8) is 0 Å². The molecule has 4 N–H and O–H groups in total. The summed E-state index contributed by atoms with van der Waals surface area (Å²) in [6.45, 7) is 10.4. The summed E-state index contributed by atoms with van der Waals surface area (Å²) in [5, 5.41) is 22.2. The number of nitrogens with two attached hydrogens (primary N) is 1. The van der Waals surface area contributed by atoms with E-state index in [4.69, 9.17) is 19.9 Å². The van der Waals surface area contributed by atoms with E-state index in [0.717, 1.165) is 18.7 Å². The average molecular weight is 731 g/mol. The molecule has 13 nitrogen and oxygen atoms in total. The number of rotatable bonds is 8. The number of amides is 3. The van der Waals surface area contributed by atoms with Crippen molar-refractivity contribution in [3.05, 3.63) is 36.0 Å². The SMILES string of the molecule is C/C(=C\C=C\[C@@H](C)COC(=O)N1CCC[C@H]1C(N)=O)[C@H]1OC(=O)C[C@H](O)CC[C@@](C)(O)[C@@H](OC(=O)N2CCN(C3CCCCCC3)CC2)/C=C/[C@@H]1C. The molecule has 4 rings (SSSR count). The summed E-state index contributed by atoms with van der Waals surface area (Å²) in [6, 6.07) is -0.0647. The number of aliphatic hydroxyl groups is 2. The zero-order valence-electron chi connectivity index (χ0n) is 31.6. The minimum atomic E-state index is -1.49. The average Bonchev–Trinajstić information content (AvgIpc) is 3.46. The number of piperazine rings is 1. The van der Waals surface area contributed by atoms with Gasteiger partial charge in [-0.1, -0.05) is 63.8 Å². The van der Waals surface area contributed by atoms with Crippen LogP contribution in [0.15, 0.2) is 36.0 Å². The first-order chi connectivity index (χ1) is 24.7. The molecule has 0 aromatic carbocycles. The Kier molecular flexibility index (Phi) is 15.6. The van der Waals surface area contributed by atoms with Crippen molar-refractivity contribution in [2.24, 2.45) is 17.6 Å². The lowest BCUT2D eigenvalue weighted by Gasteiger charge is -2.40. The lowest BCUT2D eigenvalue weighted by Crippen LogP contribution is -2.53. The largest absolute Gasteiger partial charge is 0.457 e. The maximum absolute atomic E-state index is 13.4. The van der Waals surface area contributed by atoms with Crippen molar-refractivity contribution in [1.29, 1.82) is 0 Å². The smallest absolute Gasteiger partial charge is 0.410 e. The number of carbonyl (C=O) groups is 4. The molecule has 1 saturated carbocycles. The Morgan fingerprint density at radius 2 is 1.71 bits per heavy atom. The van der Waals surface area contributed by atoms with Gasteiger partial charge in [0.25, 0.3) is 0 Å². The van der Waals surface area contributed by atoms with E-state index in [1.54, 1.807) is 30.1 Å². The number of ether oxygens (including phenoxy) is 3. The fourth-order valence-electron chi connectivity index (χ4n) is 7.64. The lowest BCUT2D eigenvalue weighted by atomic mass is 9.89. The van der Waals surface area contributed by atoms with E-state index in [1.807, 2.05) is 32.9 Å². The molecule has 52 heavy (non-hydrogen) atoms. The Hall–Kier alpha value is -3.42. The molecule has 3 fully saturated rings. The third-order valence-corrected chi connectivity index (χ3v) is 11.0. The first-order valence-electron chi connectivity index (χ1n) is 19.3. The third-order valence-electron chi connectivity index (χ3n) is 11.0. The number of likely N-dealkylation sites (tertiary alicyclic amines) is 1. The highest BCUT2D eigenvalue weighted by Gasteiger charge is 2.38. The molecule has 0 aromatic rings. The summed E-state index contributed by atoms with van der Waals surface area (Å²) in [7, 11) is 0. The van der Waals surface area contributed by atoms with E-state index in [1.165, 1.54) is 43.4 Å². The van der Waals surface area contributed by atoms with E-state index < -0.39 is 54.0 Å². The molecule has 0 spiro atoms. The first kappa shape index (κ1) is 41.3. The summed E-state index contributed by atoms with van der Waals surface area (Å²) in [5.41, 5.74) is 4.66. The van der Waals surface area contributed by atoms with Crippen LogP contribution in [0.1, 0.15) is 98.3 Å². The number of nitrogens with zero attached hydrogens (tertiary/aromatic N) is 3. The summed E-state index contributed by atoms with van der Waals surface area (Å²) >= 11 is 0. The van der Waals surface area contributed by atoms with Crippen LogP contribution in [-0.2, 0) is 23.8 Å². The minimum Gasteiger partial charge on any atom is -0.457 e. The second kappa shape index (κ2) is 19.6. The summed E-state index contributed by atoms with van der Waals surface area (Å²) in [5.74, 6) is -1.62. The van der Waals surface area contributed by atoms with Gasteiger partial charge in [0.1, 0.15) is 17.7 Å². The Bertz CT molecular complexity index is 1300. The van der Waals surface area contributed by atoms with Gasteiger partial charge in [-0.15, -0.1) is 0 Å². The van der Waals surface area contributed by atoms with Crippen LogP contribution in [0, 0.1) is 11.8 Å². The molecular formula is C39H62N4O9. The number of cyclic esters (lactones) is 1. The second-order valence-electron chi connectivity index (χ2n) is 15.5. The molecule has 13 heteroatoms. The van der Waals surface area contributed by atoms with E-state index in [9.17, 15) is 29.4 Å². The predicted molar refractivity (Wildman–Crippen MR) is 196 cm³/mol. The quantitative estimate of drug-likeness (QED) is 0.107. The Morgan fingerprint density at radius 1 is 1.02 bits per heavy atom. The highest BCUT2D eigenvalue weighted by molar-refractivity contribution is 5.84. The van der Waals surface area contributed by atoms with Gasteiger partial charge in [0.2, 0.25) is 5.91 Å². The fourth-order valence-corrected chi connectivity index (χ4v) is 7.64. The number of hydrogen-bond donors (Lipinski definition) is 3. The zero-order chi connectivity index (χ0) is 37.8. The zero-order valence-corrected chi connectivity index (χ0v) is 31.6. The van der Waals surface area contributed by atoms with Gasteiger partial charge in [0.15, 0.2) is 6.10 Å². The topological polar surface area (TPSA) is 172 Å². The molecule has 3 amide bonds. The Morgan fingerprint density at radius 3 is 2.38 bits per heavy atom. The van der Waals surface area contributed by atoms with Crippen molar-refractivity contribution < 1.29 is 43.6 Å². The molecule has 1 aliphatic carbocycles. The minimum absolute atomic E-state index is 0.107. The van der Waals surface area contributed by atoms with Crippen LogP contribution in [0.3, 0.4) is 0 Å². The molecule has 3 heterocycles. The van der Waals surface area contributed by atoms with Crippen molar-refractivity contribution in [3.8, 4) is 0 Å². The molecule has 3 aliphatic heterocycles. The normalized spacial score (nSPS) is 31.9. The Balaban J connectivity index is 1.39. The Labute approximate surface area is 309 Å². The summed E-state index contributed by atoms with van der Waals surface area (Å²) in [6.07, 6.45) is 13.9. The van der Waals surface area contributed by atoms with Crippen molar-refractivity contribution in [1.82, 2.24) is 14.7 Å². The predicted octanol–water partition coefficient (Wildman–Crippen LogP) is 4.46. The monoisotopic (exact) mass is 730 g/mol. The van der Waals surface area contributed by atoms with Crippen LogP contribution in [0.25, 0.3) is 0 Å². The number of primary amides is 1. The second-order valence-corrected chi connectivity index (χ2v) is 15.5. The van der Waals surface area contributed by atoms with Gasteiger partial charge in [-0.05, 0) is 64.0 Å². The van der Waals surface area contributed by atoms with Gasteiger partial charge in [-0.2, -0.15) is 0 Å². The number of allylic oxidation sites excluding steroid dienone is 2. The molecule has 0 radical (unpaired) electrons. The molecule has 0 unspecified atom stereocenters. The van der Waals surface area contributed by atoms with Gasteiger partial charge in [0.05, 0.1) is 19.1 Å². The van der Waals surface area contributed by atoms with Crippen molar-refractivity contribution in [2.45, 2.75) is 134 Å². The van der Waals surface area contributed by atoms with E-state index in [0.29, 0.717) is 38.5 Å². The van der Waals surface area contributed by atoms with Gasteiger partial charge < -0.3 is 35.1 Å². The maximum Gasteiger partial charge on any atom is 0.410 e. The fraction of sp³-hybridized carbons (Fsp3) is 0.744. The van der Waals surface area contributed by atoms with Crippen molar-refractivity contribution in [2.75, 3.05) is 39.3 Å². The van der Waals surface area contributed by atoms with Crippen LogP contribution in [0.4, 0.5) is 9.59 Å². The maximum atomic E-state index is 13.4. The highest BCUT2D eigenvalue weighted by Crippen LogP contribution is 2.28. The van der Waals surface area contributed by atoms with Gasteiger partial charge in [-0.3, -0.25) is 19.4 Å². The van der Waals surface area contributed by atoms with Crippen LogP contribution < -0.4 is 5.73 Å². The highest BCUT2D eigenvalue weighted by atomic mass is 16.6. The number of esters is 1. The van der Waals surface area contributed by atoms with Gasteiger partial charge >= 0.3 is 18.2 Å². The number of carbonyl (C=O) groups excluding carboxylic acids is 4. The number of aliphatic hydroxyl groups excluding tert-OH is 1. The molecule has 2 saturated heterocycles. The summed E-state index contributed by atoms with van der Waals surface area (Å²) < 4.78 is 17.3. The molecule has 4 aliphatic rings. The number of hydrogen-bond acceptors (Lipinski definition) is 10. The van der Waals surface area contributed by atoms with Crippen molar-refractivity contribution >= 4 is 24.1 Å². The van der Waals surface area contributed by atoms with E-state index in [-0.39, 0.29) is 37.7 Å². The van der Waals surface area contributed by atoms with E-state index in [2.05, 4.69) is 4.90 Å². The first-order valence-corrected chi connectivity index (χ1v) is 19.3. The third kappa shape index (κ3) is 12.1. The van der Waals surface area contributed by atoms with E-state index >= 15 is 0 Å². The van der Waals surface area contributed by atoms with Gasteiger partial charge in [-0.25, -0.2) is 9.59 Å². The van der Waals surface area contributed by atoms with Crippen LogP contribution >= 0.6 is 0 Å². The van der Waals surface area contributed by atoms with Crippen LogP contribution in [0.5, 0.6) is 0 Å². The molecule has 7 atom stereocenters. The van der Waals surface area contributed by atoms with Gasteiger partial charge in [0, 0.05) is 50.6 Å². The summed E-state index contributed by atoms with van der Waals surface area (Å²) in [4.78, 5) is 56.1. The van der Waals surface area contributed by atoms with Crippen LogP contribution in [-0.4, -0.2) is 124 Å². The molecular weight excluding hydrogens is 668 g/mol. The standard InChI is InChI=1S/C39H62N4O9/c1-27(26-50-38(48)43-20-10-15-32(43)36(40)46)11-9-12-28(2)35-29(3)16-17-33(39(4,49)19-18-31(44)25-34(45)52-35)51-37(47)42-23-21-41(22-24-42)30-13-7-5-6-8-14-30/h9,11-12,16-17,27,29-33,35,44,49H,5-8,10,13-15,18-26H2,1-4H3,(H2,40,46)/b11-9+,17-16+,28-12+/t27-,29+,31-,32+,33+,35-,39-/m1/s1. The molecule has 292 valence electrons. The van der Waals surface area contributed by atoms with Crippen LogP contribution in [0.2, 0.25) is 0 Å². The lowest BCUT2D eigenvalue weighted by molar-refractivity contribution is -0.151. The molecule has 0 bridgehead atoms. The molecule has 0 aromatic heterocycles.